The Morgan fingerprint density at radius 1 is 1.00 bits per heavy atom. The quantitative estimate of drug-likeness (QED) is 0.731. The molecule has 1 nitrogen and oxygen atoms in total. The number of Topliss-reactive ketones (excluding diaryl/α,β-unsaturated/α-hetero) is 1. The summed E-state index contributed by atoms with van der Waals surface area (Å²) in [7, 11) is 0. The van der Waals surface area contributed by atoms with Crippen molar-refractivity contribution in [3.05, 3.63) is 71.3 Å². The molecule has 0 heterocycles. The minimum absolute atomic E-state index is 0.161. The first-order chi connectivity index (χ1) is 9.89. The van der Waals surface area contributed by atoms with E-state index in [0.29, 0.717) is 11.1 Å². The van der Waals surface area contributed by atoms with Gasteiger partial charge >= 0.3 is 6.18 Å². The van der Waals surface area contributed by atoms with Crippen molar-refractivity contribution < 1.29 is 18.0 Å². The normalized spacial score (nSPS) is 13.0. The van der Waals surface area contributed by atoms with Gasteiger partial charge in [0.05, 0.1) is 5.92 Å². The largest absolute Gasteiger partial charge is 0.396 e. The fraction of sp³-hybridized carbons (Fsp3) is 0.235. The van der Waals surface area contributed by atoms with Crippen molar-refractivity contribution in [2.75, 3.05) is 0 Å². The van der Waals surface area contributed by atoms with E-state index in [-0.39, 0.29) is 5.56 Å². The van der Waals surface area contributed by atoms with Crippen molar-refractivity contribution in [1.82, 2.24) is 0 Å². The molecular formula is C17H15F3O. The van der Waals surface area contributed by atoms with E-state index in [9.17, 15) is 18.0 Å². The van der Waals surface area contributed by atoms with Crippen LogP contribution in [0.4, 0.5) is 13.2 Å². The van der Waals surface area contributed by atoms with E-state index in [1.807, 2.05) is 0 Å². The molecule has 0 amide bonds. The van der Waals surface area contributed by atoms with Gasteiger partial charge in [-0.05, 0) is 18.1 Å². The predicted molar refractivity (Wildman–Crippen MR) is 75.4 cm³/mol. The molecule has 0 fully saturated rings. The average Bonchev–Trinajstić information content (AvgIpc) is 2.45. The van der Waals surface area contributed by atoms with Gasteiger partial charge in [-0.3, -0.25) is 4.79 Å². The first-order valence-electron chi connectivity index (χ1n) is 6.60. The second-order valence-corrected chi connectivity index (χ2v) is 4.94. The maximum absolute atomic E-state index is 13.3. The van der Waals surface area contributed by atoms with E-state index in [1.165, 1.54) is 18.2 Å². The van der Waals surface area contributed by atoms with E-state index >= 15 is 0 Å². The molecule has 2 aromatic carbocycles. The molecule has 0 aliphatic rings. The molecular weight excluding hydrogens is 277 g/mol. The van der Waals surface area contributed by atoms with E-state index in [1.54, 1.807) is 43.3 Å². The first-order valence-corrected chi connectivity index (χ1v) is 6.60. The lowest BCUT2D eigenvalue weighted by Gasteiger charge is -2.21. The molecule has 2 aromatic rings. The Kier molecular flexibility index (Phi) is 4.46. The van der Waals surface area contributed by atoms with E-state index < -0.39 is 24.3 Å². The third-order valence-electron chi connectivity index (χ3n) is 3.44. The summed E-state index contributed by atoms with van der Waals surface area (Å²) in [4.78, 5) is 12.1. The second-order valence-electron chi connectivity index (χ2n) is 4.94. The minimum atomic E-state index is -4.45. The van der Waals surface area contributed by atoms with Gasteiger partial charge in [0.1, 0.15) is 0 Å². The number of rotatable bonds is 4. The lowest BCUT2D eigenvalue weighted by molar-refractivity contribution is -0.149. The number of carbonyl (C=O) groups excluding carboxylic acids is 1. The van der Waals surface area contributed by atoms with Crippen LogP contribution in [-0.4, -0.2) is 12.0 Å². The summed E-state index contributed by atoms with van der Waals surface area (Å²) in [5.74, 6) is -2.27. The Labute approximate surface area is 121 Å². The Bertz CT molecular complexity index is 617. The standard InChI is InChI=1S/C17H15F3O/c1-12-7-5-6-10-14(12)15(17(18,19)20)11-16(21)13-8-3-2-4-9-13/h2-10,15H,11H2,1H3. The minimum Gasteiger partial charge on any atom is -0.294 e. The van der Waals surface area contributed by atoms with Crippen LogP contribution in [-0.2, 0) is 0 Å². The van der Waals surface area contributed by atoms with Crippen molar-refractivity contribution in [2.24, 2.45) is 0 Å². The number of halogens is 3. The molecule has 0 aliphatic carbocycles. The van der Waals surface area contributed by atoms with Crippen LogP contribution in [0.2, 0.25) is 0 Å². The molecule has 0 aliphatic heterocycles. The Morgan fingerprint density at radius 3 is 2.14 bits per heavy atom. The summed E-state index contributed by atoms with van der Waals surface area (Å²) in [5.41, 5.74) is 1.01. The molecule has 1 unspecified atom stereocenters. The summed E-state index contributed by atoms with van der Waals surface area (Å²) in [6.07, 6.45) is -5.02. The summed E-state index contributed by atoms with van der Waals surface area (Å²) in [6.45, 7) is 1.63. The fourth-order valence-electron chi connectivity index (χ4n) is 2.31. The Hall–Kier alpha value is -2.10. The number of hydrogen-bond donors (Lipinski definition) is 0. The van der Waals surface area contributed by atoms with Gasteiger partial charge in [-0.2, -0.15) is 13.2 Å². The Balaban J connectivity index is 2.31. The monoisotopic (exact) mass is 292 g/mol. The zero-order valence-electron chi connectivity index (χ0n) is 11.5. The molecule has 4 heteroatoms. The maximum atomic E-state index is 13.3. The second kappa shape index (κ2) is 6.12. The fourth-order valence-corrected chi connectivity index (χ4v) is 2.31. The molecule has 110 valence electrons. The Morgan fingerprint density at radius 2 is 1.57 bits per heavy atom. The SMILES string of the molecule is Cc1ccccc1C(CC(=O)c1ccccc1)C(F)(F)F. The lowest BCUT2D eigenvalue weighted by atomic mass is 9.88. The van der Waals surface area contributed by atoms with E-state index in [2.05, 4.69) is 0 Å². The number of carbonyl (C=O) groups is 1. The number of benzene rings is 2. The van der Waals surface area contributed by atoms with Crippen molar-refractivity contribution in [3.8, 4) is 0 Å². The molecule has 0 aromatic heterocycles. The van der Waals surface area contributed by atoms with Crippen molar-refractivity contribution in [2.45, 2.75) is 25.4 Å². The van der Waals surface area contributed by atoms with E-state index in [0.717, 1.165) is 0 Å². The maximum Gasteiger partial charge on any atom is 0.396 e. The van der Waals surface area contributed by atoms with Gasteiger partial charge in [-0.15, -0.1) is 0 Å². The number of hydrogen-bond acceptors (Lipinski definition) is 1. The van der Waals surface area contributed by atoms with Gasteiger partial charge < -0.3 is 0 Å². The average molecular weight is 292 g/mol. The van der Waals surface area contributed by atoms with Crippen LogP contribution < -0.4 is 0 Å². The smallest absolute Gasteiger partial charge is 0.294 e. The summed E-state index contributed by atoms with van der Waals surface area (Å²) < 4.78 is 39.9. The molecule has 21 heavy (non-hydrogen) atoms. The van der Waals surface area contributed by atoms with Gasteiger partial charge in [-0.1, -0.05) is 54.6 Å². The number of alkyl halides is 3. The molecule has 0 radical (unpaired) electrons. The van der Waals surface area contributed by atoms with Crippen LogP contribution in [0.1, 0.15) is 33.8 Å². The molecule has 0 saturated heterocycles. The summed E-state index contributed by atoms with van der Waals surface area (Å²) in [6, 6.07) is 14.4. The van der Waals surface area contributed by atoms with Crippen LogP contribution in [0.15, 0.2) is 54.6 Å². The number of aryl methyl sites for hydroxylation is 1. The van der Waals surface area contributed by atoms with Gasteiger partial charge in [-0.25, -0.2) is 0 Å². The third kappa shape index (κ3) is 3.72. The van der Waals surface area contributed by atoms with Gasteiger partial charge in [0.2, 0.25) is 0 Å². The summed E-state index contributed by atoms with van der Waals surface area (Å²) >= 11 is 0. The van der Waals surface area contributed by atoms with Crippen LogP contribution in [0.5, 0.6) is 0 Å². The van der Waals surface area contributed by atoms with Gasteiger partial charge in [0.15, 0.2) is 5.78 Å². The van der Waals surface area contributed by atoms with E-state index in [4.69, 9.17) is 0 Å². The molecule has 2 rings (SSSR count). The van der Waals surface area contributed by atoms with Crippen LogP contribution >= 0.6 is 0 Å². The van der Waals surface area contributed by atoms with Gasteiger partial charge in [0, 0.05) is 12.0 Å². The highest BCUT2D eigenvalue weighted by atomic mass is 19.4. The third-order valence-corrected chi connectivity index (χ3v) is 3.44. The topological polar surface area (TPSA) is 17.1 Å². The van der Waals surface area contributed by atoms with Crippen molar-refractivity contribution in [3.63, 3.8) is 0 Å². The molecule has 0 spiro atoms. The molecule has 0 saturated carbocycles. The predicted octanol–water partition coefficient (Wildman–Crippen LogP) is 4.91. The first kappa shape index (κ1) is 15.3. The van der Waals surface area contributed by atoms with Crippen molar-refractivity contribution >= 4 is 5.78 Å². The van der Waals surface area contributed by atoms with Crippen LogP contribution in [0.25, 0.3) is 0 Å². The highest BCUT2D eigenvalue weighted by molar-refractivity contribution is 5.96. The lowest BCUT2D eigenvalue weighted by Crippen LogP contribution is -2.24. The van der Waals surface area contributed by atoms with Crippen LogP contribution in [0, 0.1) is 6.92 Å². The molecule has 0 bridgehead atoms. The van der Waals surface area contributed by atoms with Crippen LogP contribution in [0.3, 0.4) is 0 Å². The summed E-state index contributed by atoms with van der Waals surface area (Å²) in [5, 5.41) is 0. The zero-order valence-corrected chi connectivity index (χ0v) is 11.5. The number of ketones is 1. The highest BCUT2D eigenvalue weighted by Gasteiger charge is 2.42. The van der Waals surface area contributed by atoms with Crippen molar-refractivity contribution in [1.29, 1.82) is 0 Å². The highest BCUT2D eigenvalue weighted by Crippen LogP contribution is 2.39. The molecule has 0 N–H and O–H groups in total. The molecule has 1 atom stereocenters. The zero-order chi connectivity index (χ0) is 15.5. The van der Waals surface area contributed by atoms with Gasteiger partial charge in [0.25, 0.3) is 0 Å².